The fourth-order valence-electron chi connectivity index (χ4n) is 2.15. The van der Waals surface area contributed by atoms with Crippen molar-refractivity contribution >= 4 is 8.80 Å². The van der Waals surface area contributed by atoms with Gasteiger partial charge in [-0.05, 0) is 33.6 Å². The maximum Gasteiger partial charge on any atom is 0.500 e. The van der Waals surface area contributed by atoms with Crippen molar-refractivity contribution < 1.29 is 13.3 Å². The zero-order chi connectivity index (χ0) is 13.3. The highest BCUT2D eigenvalue weighted by atomic mass is 28.4. The fourth-order valence-corrected chi connectivity index (χ4v) is 4.79. The number of hydrogen-bond donors (Lipinski definition) is 0. The van der Waals surface area contributed by atoms with Crippen molar-refractivity contribution in [3.63, 3.8) is 0 Å². The molecule has 1 aliphatic rings. The summed E-state index contributed by atoms with van der Waals surface area (Å²) < 4.78 is 17.5. The van der Waals surface area contributed by atoms with Crippen molar-refractivity contribution in [3.05, 3.63) is 24.3 Å². The molecule has 1 aliphatic carbocycles. The third-order valence-electron chi connectivity index (χ3n) is 2.86. The predicted octanol–water partition coefficient (Wildman–Crippen LogP) is 3.36. The van der Waals surface area contributed by atoms with E-state index in [2.05, 4.69) is 18.2 Å². The second kappa shape index (κ2) is 8.56. The van der Waals surface area contributed by atoms with Gasteiger partial charge in [0.1, 0.15) is 0 Å². The summed E-state index contributed by atoms with van der Waals surface area (Å²) in [6.07, 6.45) is 11.6. The summed E-state index contributed by atoms with van der Waals surface area (Å²) in [5.74, 6) is 0.529. The second-order valence-electron chi connectivity index (χ2n) is 4.23. The van der Waals surface area contributed by atoms with Crippen molar-refractivity contribution in [3.8, 4) is 0 Å². The predicted molar refractivity (Wildman–Crippen MR) is 75.1 cm³/mol. The van der Waals surface area contributed by atoms with Crippen LogP contribution in [0.1, 0.15) is 33.6 Å². The molecule has 0 aromatic carbocycles. The quantitative estimate of drug-likeness (QED) is 0.449. The van der Waals surface area contributed by atoms with Crippen molar-refractivity contribution in [2.75, 3.05) is 19.8 Å². The van der Waals surface area contributed by atoms with Gasteiger partial charge in [0.25, 0.3) is 0 Å². The first kappa shape index (κ1) is 15.5. The molecule has 18 heavy (non-hydrogen) atoms. The molecule has 0 heterocycles. The standard InChI is InChI=1S/C14H25O3Si/c1-4-15-18(16-5-2,17-6-3)13-9-12-14-10-7-8-11-14/h7,10-11,14H,4-6,9,12-13H2,1-3H3/q+1. The molecule has 0 bridgehead atoms. The lowest BCUT2D eigenvalue weighted by Gasteiger charge is -2.28. The lowest BCUT2D eigenvalue weighted by molar-refractivity contribution is 0.0706. The minimum atomic E-state index is -2.43. The molecule has 0 aromatic rings. The van der Waals surface area contributed by atoms with Gasteiger partial charge in [-0.15, -0.1) is 0 Å². The molecule has 0 saturated heterocycles. The minimum Gasteiger partial charge on any atom is -0.374 e. The molecule has 0 aliphatic heterocycles. The molecule has 1 rings (SSSR count). The molecule has 0 N–H and O–H groups in total. The molecule has 0 aromatic heterocycles. The first-order valence-corrected chi connectivity index (χ1v) is 8.87. The Morgan fingerprint density at radius 3 is 2.11 bits per heavy atom. The van der Waals surface area contributed by atoms with E-state index in [0.717, 1.165) is 18.9 Å². The van der Waals surface area contributed by atoms with Crippen LogP contribution in [-0.2, 0) is 13.3 Å². The third kappa shape index (κ3) is 5.00. The van der Waals surface area contributed by atoms with Crippen LogP contribution < -0.4 is 0 Å². The van der Waals surface area contributed by atoms with Crippen molar-refractivity contribution in [1.29, 1.82) is 0 Å². The van der Waals surface area contributed by atoms with Crippen LogP contribution >= 0.6 is 0 Å². The summed E-state index contributed by atoms with van der Waals surface area (Å²) in [6, 6.07) is 0.903. The van der Waals surface area contributed by atoms with E-state index in [1.807, 2.05) is 26.8 Å². The Morgan fingerprint density at radius 2 is 1.67 bits per heavy atom. The molecule has 0 saturated carbocycles. The molecule has 102 valence electrons. The van der Waals surface area contributed by atoms with Gasteiger partial charge in [0, 0.05) is 25.9 Å². The topological polar surface area (TPSA) is 27.7 Å². The van der Waals surface area contributed by atoms with Crippen molar-refractivity contribution in [1.82, 2.24) is 0 Å². The van der Waals surface area contributed by atoms with Gasteiger partial charge < -0.3 is 13.3 Å². The Labute approximate surface area is 112 Å². The van der Waals surface area contributed by atoms with E-state index in [0.29, 0.717) is 25.7 Å². The van der Waals surface area contributed by atoms with Crippen LogP contribution in [0.2, 0.25) is 6.04 Å². The van der Waals surface area contributed by atoms with Crippen LogP contribution in [0, 0.1) is 12.0 Å². The van der Waals surface area contributed by atoms with Crippen molar-refractivity contribution in [2.24, 2.45) is 5.92 Å². The van der Waals surface area contributed by atoms with Crippen LogP contribution in [0.3, 0.4) is 0 Å². The van der Waals surface area contributed by atoms with E-state index < -0.39 is 8.80 Å². The van der Waals surface area contributed by atoms with E-state index in [1.54, 1.807) is 0 Å². The van der Waals surface area contributed by atoms with Gasteiger partial charge in [0.15, 0.2) is 6.08 Å². The van der Waals surface area contributed by atoms with Gasteiger partial charge >= 0.3 is 8.80 Å². The SMILES string of the molecule is CCO[Si](CCCC1C=[C+]C=C1)(OCC)OCC. The summed E-state index contributed by atoms with van der Waals surface area (Å²) in [7, 11) is -2.43. The first-order valence-electron chi connectivity index (χ1n) is 6.94. The summed E-state index contributed by atoms with van der Waals surface area (Å²) in [4.78, 5) is 0. The average molecular weight is 269 g/mol. The highest BCUT2D eigenvalue weighted by Gasteiger charge is 2.39. The highest BCUT2D eigenvalue weighted by molar-refractivity contribution is 6.60. The Bertz CT molecular complexity index is 247. The summed E-state index contributed by atoms with van der Waals surface area (Å²) in [5.41, 5.74) is 0. The van der Waals surface area contributed by atoms with E-state index >= 15 is 0 Å². The van der Waals surface area contributed by atoms with Crippen LogP contribution in [0.15, 0.2) is 18.2 Å². The summed E-state index contributed by atoms with van der Waals surface area (Å²) in [6.45, 7) is 7.96. The van der Waals surface area contributed by atoms with E-state index in [1.165, 1.54) is 0 Å². The summed E-state index contributed by atoms with van der Waals surface area (Å²) in [5, 5.41) is 0. The molecule has 4 heteroatoms. The van der Waals surface area contributed by atoms with Gasteiger partial charge in [-0.2, -0.15) is 0 Å². The Balaban J connectivity index is 2.42. The largest absolute Gasteiger partial charge is 0.500 e. The lowest BCUT2D eigenvalue weighted by atomic mass is 10.1. The van der Waals surface area contributed by atoms with E-state index in [-0.39, 0.29) is 0 Å². The molecule has 0 fully saturated rings. The lowest BCUT2D eigenvalue weighted by Crippen LogP contribution is -2.45. The first-order chi connectivity index (χ1) is 8.76. The van der Waals surface area contributed by atoms with Crippen LogP contribution in [-0.4, -0.2) is 28.6 Å². The fraction of sp³-hybridized carbons (Fsp3) is 0.714. The molecular formula is C14H25O3Si+. The van der Waals surface area contributed by atoms with Crippen LogP contribution in [0.5, 0.6) is 0 Å². The molecule has 0 spiro atoms. The van der Waals surface area contributed by atoms with Gasteiger partial charge in [-0.1, -0.05) is 0 Å². The number of allylic oxidation sites excluding steroid dienone is 4. The number of hydrogen-bond acceptors (Lipinski definition) is 3. The molecule has 0 amide bonds. The van der Waals surface area contributed by atoms with E-state index in [4.69, 9.17) is 13.3 Å². The van der Waals surface area contributed by atoms with Gasteiger partial charge in [0.2, 0.25) is 0 Å². The Kier molecular flexibility index (Phi) is 7.40. The van der Waals surface area contributed by atoms with Gasteiger partial charge in [-0.3, -0.25) is 0 Å². The average Bonchev–Trinajstić information content (AvgIpc) is 2.83. The number of rotatable bonds is 10. The monoisotopic (exact) mass is 269 g/mol. The van der Waals surface area contributed by atoms with Gasteiger partial charge in [0.05, 0.1) is 24.1 Å². The molecular weight excluding hydrogens is 244 g/mol. The van der Waals surface area contributed by atoms with Crippen molar-refractivity contribution in [2.45, 2.75) is 39.7 Å². The highest BCUT2D eigenvalue weighted by Crippen LogP contribution is 2.23. The molecule has 3 nitrogen and oxygen atoms in total. The minimum absolute atomic E-state index is 0.529. The Morgan fingerprint density at radius 1 is 1.06 bits per heavy atom. The molecule has 1 atom stereocenters. The maximum absolute atomic E-state index is 5.83. The smallest absolute Gasteiger partial charge is 0.374 e. The Hall–Kier alpha value is -0.513. The normalized spacial score (nSPS) is 18.3. The summed E-state index contributed by atoms with van der Waals surface area (Å²) >= 11 is 0. The van der Waals surface area contributed by atoms with Crippen LogP contribution in [0.4, 0.5) is 0 Å². The second-order valence-corrected chi connectivity index (χ2v) is 6.96. The third-order valence-corrected chi connectivity index (χ3v) is 6.01. The zero-order valence-electron chi connectivity index (χ0n) is 11.8. The van der Waals surface area contributed by atoms with E-state index in [9.17, 15) is 0 Å². The van der Waals surface area contributed by atoms with Gasteiger partial charge in [-0.25, -0.2) is 0 Å². The molecule has 1 unspecified atom stereocenters. The zero-order valence-corrected chi connectivity index (χ0v) is 12.8. The maximum atomic E-state index is 5.83. The molecule has 0 radical (unpaired) electrons. The van der Waals surface area contributed by atoms with Crippen LogP contribution in [0.25, 0.3) is 0 Å².